The normalized spacial score (nSPS) is 22.8. The summed E-state index contributed by atoms with van der Waals surface area (Å²) in [5, 5.41) is 19.9. The van der Waals surface area contributed by atoms with Gasteiger partial charge in [-0.1, -0.05) is 24.3 Å². The maximum atomic E-state index is 12.5. The lowest BCUT2D eigenvalue weighted by molar-refractivity contribution is -0.154. The molecule has 2 aliphatic heterocycles. The van der Waals surface area contributed by atoms with E-state index < -0.39 is 24.0 Å². The smallest absolute Gasteiger partial charge is 0.341 e. The largest absolute Gasteiger partial charge is 0.508 e. The third-order valence-electron chi connectivity index (χ3n) is 5.50. The van der Waals surface area contributed by atoms with Crippen LogP contribution in [0.25, 0.3) is 5.57 Å². The first kappa shape index (κ1) is 19.5. The quantitative estimate of drug-likeness (QED) is 0.773. The van der Waals surface area contributed by atoms with Crippen molar-refractivity contribution in [3.05, 3.63) is 64.7 Å². The van der Waals surface area contributed by atoms with Gasteiger partial charge in [-0.2, -0.15) is 0 Å². The lowest BCUT2D eigenvalue weighted by Gasteiger charge is -2.37. The van der Waals surface area contributed by atoms with E-state index in [1.54, 1.807) is 12.1 Å². The molecule has 0 amide bonds. The van der Waals surface area contributed by atoms with Gasteiger partial charge in [-0.05, 0) is 48.7 Å². The molecule has 0 saturated heterocycles. The molecule has 2 aromatic rings. The molecular formula is C23H24O6. The van der Waals surface area contributed by atoms with Crippen molar-refractivity contribution in [3.8, 4) is 11.5 Å². The molecule has 0 fully saturated rings. The minimum atomic E-state index is -0.761. The highest BCUT2D eigenvalue weighted by atomic mass is 16.7. The average Bonchev–Trinajstić information content (AvgIpc) is 2.99. The van der Waals surface area contributed by atoms with Crippen molar-refractivity contribution in [1.82, 2.24) is 0 Å². The van der Waals surface area contributed by atoms with E-state index in [-0.39, 0.29) is 5.75 Å². The number of ether oxygens (including phenoxy) is 3. The van der Waals surface area contributed by atoms with Gasteiger partial charge in [0, 0.05) is 25.5 Å². The SMILES string of the molecule is CO[C@@H]1OC(=O)C(c2ccc(O)cc2)=C1Cc1ccc2c(c1)CC(O)C(C)(C)O2. The van der Waals surface area contributed by atoms with E-state index in [1.165, 1.54) is 19.2 Å². The van der Waals surface area contributed by atoms with Crippen LogP contribution in [0.3, 0.4) is 0 Å². The summed E-state index contributed by atoms with van der Waals surface area (Å²) in [5.74, 6) is 0.441. The molecule has 2 atom stereocenters. The molecule has 0 bridgehead atoms. The Morgan fingerprint density at radius 1 is 1.17 bits per heavy atom. The topological polar surface area (TPSA) is 85.2 Å². The van der Waals surface area contributed by atoms with Gasteiger partial charge in [0.25, 0.3) is 0 Å². The Balaban J connectivity index is 1.70. The third-order valence-corrected chi connectivity index (χ3v) is 5.50. The van der Waals surface area contributed by atoms with E-state index >= 15 is 0 Å². The summed E-state index contributed by atoms with van der Waals surface area (Å²) in [6, 6.07) is 12.3. The standard InChI is InChI=1S/C23H24O6/c1-23(2)19(25)12-15-10-13(4-9-18(15)29-23)11-17-20(21(26)28-22(17)27-3)14-5-7-16(24)8-6-14/h4-10,19,22,24-25H,11-12H2,1-3H3/t19?,22-/m1/s1. The number of carbonyl (C=O) groups is 1. The van der Waals surface area contributed by atoms with E-state index in [4.69, 9.17) is 14.2 Å². The summed E-state index contributed by atoms with van der Waals surface area (Å²) >= 11 is 0. The number of methoxy groups -OCH3 is 1. The predicted octanol–water partition coefficient (Wildman–Crippen LogP) is 2.99. The van der Waals surface area contributed by atoms with Crippen LogP contribution in [0, 0.1) is 0 Å². The molecule has 2 N–H and O–H groups in total. The number of phenolic OH excluding ortho intramolecular Hbond substituents is 1. The maximum Gasteiger partial charge on any atom is 0.341 e. The molecule has 6 heteroatoms. The van der Waals surface area contributed by atoms with Crippen molar-refractivity contribution in [2.75, 3.05) is 7.11 Å². The molecule has 0 aliphatic carbocycles. The molecule has 0 radical (unpaired) electrons. The van der Waals surface area contributed by atoms with Gasteiger partial charge in [-0.25, -0.2) is 4.79 Å². The van der Waals surface area contributed by atoms with Gasteiger partial charge in [0.15, 0.2) is 0 Å². The number of carbonyl (C=O) groups excluding carboxylic acids is 1. The highest BCUT2D eigenvalue weighted by Gasteiger charge is 2.37. The Hall–Kier alpha value is -2.83. The highest BCUT2D eigenvalue weighted by Crippen LogP contribution is 2.37. The summed E-state index contributed by atoms with van der Waals surface area (Å²) < 4.78 is 16.7. The Bertz CT molecular complexity index is 973. The van der Waals surface area contributed by atoms with Crippen molar-refractivity contribution in [2.45, 2.75) is 44.7 Å². The van der Waals surface area contributed by atoms with Crippen LogP contribution in [0.4, 0.5) is 0 Å². The van der Waals surface area contributed by atoms with Crippen LogP contribution >= 0.6 is 0 Å². The van der Waals surface area contributed by atoms with E-state index in [0.717, 1.165) is 22.4 Å². The average molecular weight is 396 g/mol. The number of hydrogen-bond acceptors (Lipinski definition) is 6. The number of esters is 1. The Kier molecular flexibility index (Phi) is 4.84. The van der Waals surface area contributed by atoms with Gasteiger partial charge in [0.05, 0.1) is 11.7 Å². The summed E-state index contributed by atoms with van der Waals surface area (Å²) in [7, 11) is 1.50. The van der Waals surface area contributed by atoms with Gasteiger partial charge < -0.3 is 24.4 Å². The predicted molar refractivity (Wildman–Crippen MR) is 106 cm³/mol. The van der Waals surface area contributed by atoms with Crippen molar-refractivity contribution in [3.63, 3.8) is 0 Å². The first-order valence-corrected chi connectivity index (χ1v) is 9.53. The molecule has 4 rings (SSSR count). The summed E-state index contributed by atoms with van der Waals surface area (Å²) in [6.07, 6.45) is -0.403. The number of benzene rings is 2. The molecule has 2 heterocycles. The first-order chi connectivity index (χ1) is 13.8. The number of hydrogen-bond donors (Lipinski definition) is 2. The van der Waals surface area contributed by atoms with Crippen LogP contribution in [0.2, 0.25) is 0 Å². The zero-order chi connectivity index (χ0) is 20.8. The number of aromatic hydroxyl groups is 1. The van der Waals surface area contributed by atoms with Crippen LogP contribution in [0.15, 0.2) is 48.0 Å². The second-order valence-corrected chi connectivity index (χ2v) is 7.96. The first-order valence-electron chi connectivity index (χ1n) is 9.53. The van der Waals surface area contributed by atoms with Gasteiger partial charge >= 0.3 is 5.97 Å². The molecule has 0 spiro atoms. The van der Waals surface area contributed by atoms with Crippen molar-refractivity contribution in [1.29, 1.82) is 0 Å². The van der Waals surface area contributed by atoms with Crippen LogP contribution < -0.4 is 4.74 Å². The van der Waals surface area contributed by atoms with Crippen LogP contribution in [-0.4, -0.2) is 41.3 Å². The van der Waals surface area contributed by atoms with Crippen molar-refractivity contribution in [2.24, 2.45) is 0 Å². The van der Waals surface area contributed by atoms with E-state index in [2.05, 4.69) is 0 Å². The van der Waals surface area contributed by atoms with Gasteiger partial charge in [-0.3, -0.25) is 0 Å². The van der Waals surface area contributed by atoms with E-state index in [1.807, 2.05) is 32.0 Å². The molecule has 0 saturated carbocycles. The maximum absolute atomic E-state index is 12.5. The van der Waals surface area contributed by atoms with Gasteiger partial charge in [-0.15, -0.1) is 0 Å². The summed E-state index contributed by atoms with van der Waals surface area (Å²) in [6.45, 7) is 3.74. The molecule has 6 nitrogen and oxygen atoms in total. The highest BCUT2D eigenvalue weighted by molar-refractivity contribution is 6.19. The molecule has 2 aromatic carbocycles. The van der Waals surface area contributed by atoms with Gasteiger partial charge in [0.2, 0.25) is 6.29 Å². The number of aliphatic hydroxyl groups excluding tert-OH is 1. The molecule has 1 unspecified atom stereocenters. The van der Waals surface area contributed by atoms with Crippen LogP contribution in [0.5, 0.6) is 11.5 Å². The lowest BCUT2D eigenvalue weighted by Crippen LogP contribution is -2.46. The summed E-state index contributed by atoms with van der Waals surface area (Å²) in [4.78, 5) is 12.5. The van der Waals surface area contributed by atoms with E-state index in [9.17, 15) is 15.0 Å². The molecule has 2 aliphatic rings. The molecule has 29 heavy (non-hydrogen) atoms. The Morgan fingerprint density at radius 2 is 1.90 bits per heavy atom. The number of cyclic esters (lactones) is 1. The van der Waals surface area contributed by atoms with Crippen LogP contribution in [-0.2, 0) is 27.1 Å². The number of fused-ring (bicyclic) bond motifs is 1. The fraction of sp³-hybridized carbons (Fsp3) is 0.348. The monoisotopic (exact) mass is 396 g/mol. The Labute approximate surface area is 169 Å². The zero-order valence-corrected chi connectivity index (χ0v) is 16.6. The van der Waals surface area contributed by atoms with Crippen LogP contribution in [0.1, 0.15) is 30.5 Å². The zero-order valence-electron chi connectivity index (χ0n) is 16.6. The Morgan fingerprint density at radius 3 is 2.59 bits per heavy atom. The van der Waals surface area contributed by atoms with E-state index in [0.29, 0.717) is 24.0 Å². The minimum absolute atomic E-state index is 0.127. The fourth-order valence-corrected chi connectivity index (χ4v) is 3.80. The second-order valence-electron chi connectivity index (χ2n) is 7.96. The number of phenols is 1. The second kappa shape index (κ2) is 7.21. The molecule has 0 aromatic heterocycles. The number of rotatable bonds is 4. The summed E-state index contributed by atoms with van der Waals surface area (Å²) in [5.41, 5.74) is 3.11. The third kappa shape index (κ3) is 3.61. The molecule has 152 valence electrons. The minimum Gasteiger partial charge on any atom is -0.508 e. The van der Waals surface area contributed by atoms with Crippen molar-refractivity contribution >= 4 is 11.5 Å². The van der Waals surface area contributed by atoms with Gasteiger partial charge in [0.1, 0.15) is 17.1 Å². The molecular weight excluding hydrogens is 372 g/mol. The lowest BCUT2D eigenvalue weighted by atomic mass is 9.89. The van der Waals surface area contributed by atoms with Crippen molar-refractivity contribution < 1.29 is 29.2 Å². The fourth-order valence-electron chi connectivity index (χ4n) is 3.80. The number of aliphatic hydroxyl groups is 1.